The van der Waals surface area contributed by atoms with Crippen molar-refractivity contribution in [1.82, 2.24) is 5.32 Å². The molecule has 0 spiro atoms. The van der Waals surface area contributed by atoms with Gasteiger partial charge in [0.1, 0.15) is 0 Å². The van der Waals surface area contributed by atoms with Crippen molar-refractivity contribution in [2.45, 2.75) is 59.6 Å². The van der Waals surface area contributed by atoms with E-state index in [4.69, 9.17) is 4.74 Å². The summed E-state index contributed by atoms with van der Waals surface area (Å²) in [5.41, 5.74) is -0.0268. The van der Waals surface area contributed by atoms with Crippen molar-refractivity contribution in [3.63, 3.8) is 0 Å². The van der Waals surface area contributed by atoms with Crippen LogP contribution in [0, 0.1) is 5.92 Å². The third kappa shape index (κ3) is 7.34. The first-order valence-corrected chi connectivity index (χ1v) is 5.74. The Balaban J connectivity index is 3.85. The molecular weight excluding hydrogens is 174 g/mol. The summed E-state index contributed by atoms with van der Waals surface area (Å²) in [4.78, 5) is 0. The van der Waals surface area contributed by atoms with Gasteiger partial charge in [0.15, 0.2) is 0 Å². The molecule has 1 atom stereocenters. The summed E-state index contributed by atoms with van der Waals surface area (Å²) in [6.07, 6.45) is 1.18. The third-order valence-corrected chi connectivity index (χ3v) is 2.16. The lowest BCUT2D eigenvalue weighted by Gasteiger charge is -2.27. The molecule has 0 aliphatic carbocycles. The van der Waals surface area contributed by atoms with Crippen molar-refractivity contribution < 1.29 is 4.74 Å². The molecule has 86 valence electrons. The summed E-state index contributed by atoms with van der Waals surface area (Å²) in [5, 5.41) is 3.52. The second-order valence-electron chi connectivity index (χ2n) is 5.23. The van der Waals surface area contributed by atoms with E-state index in [1.54, 1.807) is 0 Å². The lowest BCUT2D eigenvalue weighted by Crippen LogP contribution is -2.40. The highest BCUT2D eigenvalue weighted by Crippen LogP contribution is 2.10. The summed E-state index contributed by atoms with van der Waals surface area (Å²) in [5.74, 6) is 0.629. The fraction of sp³-hybridized carbons (Fsp3) is 1.00. The molecule has 0 heterocycles. The highest BCUT2D eigenvalue weighted by atomic mass is 16.5. The van der Waals surface area contributed by atoms with Crippen LogP contribution < -0.4 is 5.32 Å². The van der Waals surface area contributed by atoms with Crippen LogP contribution in [-0.4, -0.2) is 24.8 Å². The van der Waals surface area contributed by atoms with Gasteiger partial charge in [0.05, 0.1) is 12.2 Å². The van der Waals surface area contributed by atoms with E-state index in [2.05, 4.69) is 46.9 Å². The maximum absolute atomic E-state index is 5.79. The maximum Gasteiger partial charge on any atom is 0.0629 e. The van der Waals surface area contributed by atoms with Gasteiger partial charge in [0.2, 0.25) is 0 Å². The van der Waals surface area contributed by atoms with Gasteiger partial charge in [-0.2, -0.15) is 0 Å². The fourth-order valence-corrected chi connectivity index (χ4v) is 1.16. The van der Waals surface area contributed by atoms with E-state index in [1.807, 2.05) is 0 Å². The van der Waals surface area contributed by atoms with Gasteiger partial charge in [-0.1, -0.05) is 20.8 Å². The number of hydrogen-bond donors (Lipinski definition) is 1. The molecule has 0 fully saturated rings. The molecule has 0 saturated carbocycles. The molecule has 0 amide bonds. The molecule has 14 heavy (non-hydrogen) atoms. The Kier molecular flexibility index (Phi) is 6.38. The van der Waals surface area contributed by atoms with E-state index >= 15 is 0 Å². The summed E-state index contributed by atoms with van der Waals surface area (Å²) in [6, 6.07) is 0.481. The normalized spacial score (nSPS) is 14.8. The molecule has 0 aliphatic heterocycles. The Morgan fingerprint density at radius 2 is 1.79 bits per heavy atom. The molecule has 0 aromatic rings. The second-order valence-corrected chi connectivity index (χ2v) is 5.23. The molecule has 0 saturated heterocycles. The molecule has 0 rings (SSSR count). The van der Waals surface area contributed by atoms with Gasteiger partial charge in [-0.3, -0.25) is 0 Å². The molecule has 0 aromatic heterocycles. The molecular formula is C12H27NO. The first kappa shape index (κ1) is 13.9. The zero-order chi connectivity index (χ0) is 11.2. The van der Waals surface area contributed by atoms with E-state index in [0.717, 1.165) is 13.2 Å². The molecule has 0 radical (unpaired) electrons. The van der Waals surface area contributed by atoms with Gasteiger partial charge >= 0.3 is 0 Å². The zero-order valence-corrected chi connectivity index (χ0v) is 10.7. The standard InChI is InChI=1S/C12H27NO/c1-7-8-13-11(10(2)3)9-14-12(4,5)6/h10-11,13H,7-9H2,1-6H3. The SMILES string of the molecule is CCCNC(COC(C)(C)C)C(C)C. The highest BCUT2D eigenvalue weighted by molar-refractivity contribution is 4.71. The molecule has 1 N–H and O–H groups in total. The predicted octanol–water partition coefficient (Wildman–Crippen LogP) is 2.83. The van der Waals surface area contributed by atoms with Gasteiger partial charge < -0.3 is 10.1 Å². The lowest BCUT2D eigenvalue weighted by molar-refractivity contribution is -0.0200. The number of nitrogens with one attached hydrogen (secondary N) is 1. The van der Waals surface area contributed by atoms with Crippen molar-refractivity contribution in [2.24, 2.45) is 5.92 Å². The van der Waals surface area contributed by atoms with Gasteiger partial charge in [-0.05, 0) is 39.7 Å². The van der Waals surface area contributed by atoms with Crippen molar-refractivity contribution in [3.05, 3.63) is 0 Å². The average molecular weight is 201 g/mol. The van der Waals surface area contributed by atoms with Crippen LogP contribution in [0.2, 0.25) is 0 Å². The van der Waals surface area contributed by atoms with Crippen molar-refractivity contribution >= 4 is 0 Å². The van der Waals surface area contributed by atoms with Crippen molar-refractivity contribution in [1.29, 1.82) is 0 Å². The van der Waals surface area contributed by atoms with E-state index in [-0.39, 0.29) is 5.60 Å². The van der Waals surface area contributed by atoms with Gasteiger partial charge in [0, 0.05) is 6.04 Å². The van der Waals surface area contributed by atoms with Crippen LogP contribution in [0.15, 0.2) is 0 Å². The van der Waals surface area contributed by atoms with Gasteiger partial charge in [-0.25, -0.2) is 0 Å². The third-order valence-electron chi connectivity index (χ3n) is 2.16. The van der Waals surface area contributed by atoms with Gasteiger partial charge in [0.25, 0.3) is 0 Å². The van der Waals surface area contributed by atoms with Crippen LogP contribution >= 0.6 is 0 Å². The first-order valence-electron chi connectivity index (χ1n) is 5.74. The summed E-state index contributed by atoms with van der Waals surface area (Å²) in [6.45, 7) is 14.9. The zero-order valence-electron chi connectivity index (χ0n) is 10.7. The molecule has 2 heteroatoms. The van der Waals surface area contributed by atoms with E-state index in [1.165, 1.54) is 6.42 Å². The smallest absolute Gasteiger partial charge is 0.0629 e. The minimum atomic E-state index is -0.0268. The largest absolute Gasteiger partial charge is 0.374 e. The molecule has 0 bridgehead atoms. The first-order chi connectivity index (χ1) is 6.37. The monoisotopic (exact) mass is 201 g/mol. The maximum atomic E-state index is 5.79. The Morgan fingerprint density at radius 3 is 2.14 bits per heavy atom. The van der Waals surface area contributed by atoms with Crippen LogP contribution in [-0.2, 0) is 4.74 Å². The van der Waals surface area contributed by atoms with Crippen LogP contribution in [0.4, 0.5) is 0 Å². The molecule has 0 aromatic carbocycles. The Morgan fingerprint density at radius 1 is 1.21 bits per heavy atom. The fourth-order valence-electron chi connectivity index (χ4n) is 1.16. The lowest BCUT2D eigenvalue weighted by atomic mass is 10.0. The van der Waals surface area contributed by atoms with Gasteiger partial charge in [-0.15, -0.1) is 0 Å². The predicted molar refractivity (Wildman–Crippen MR) is 62.6 cm³/mol. The average Bonchev–Trinajstić information content (AvgIpc) is 2.01. The minimum Gasteiger partial charge on any atom is -0.374 e. The van der Waals surface area contributed by atoms with Crippen molar-refractivity contribution in [3.8, 4) is 0 Å². The van der Waals surface area contributed by atoms with E-state index in [9.17, 15) is 0 Å². The van der Waals surface area contributed by atoms with Crippen molar-refractivity contribution in [2.75, 3.05) is 13.2 Å². The van der Waals surface area contributed by atoms with Crippen LogP contribution in [0.3, 0.4) is 0 Å². The van der Waals surface area contributed by atoms with E-state index < -0.39 is 0 Å². The quantitative estimate of drug-likeness (QED) is 0.713. The van der Waals surface area contributed by atoms with Crippen LogP contribution in [0.25, 0.3) is 0 Å². The van der Waals surface area contributed by atoms with Crippen LogP contribution in [0.1, 0.15) is 48.0 Å². The topological polar surface area (TPSA) is 21.3 Å². The Bertz CT molecular complexity index is 138. The van der Waals surface area contributed by atoms with Crippen LogP contribution in [0.5, 0.6) is 0 Å². The number of ether oxygens (including phenoxy) is 1. The summed E-state index contributed by atoms with van der Waals surface area (Å²) >= 11 is 0. The summed E-state index contributed by atoms with van der Waals surface area (Å²) in [7, 11) is 0. The Hall–Kier alpha value is -0.0800. The highest BCUT2D eigenvalue weighted by Gasteiger charge is 2.17. The molecule has 1 unspecified atom stereocenters. The Labute approximate surface area is 89.4 Å². The number of hydrogen-bond acceptors (Lipinski definition) is 2. The molecule has 2 nitrogen and oxygen atoms in total. The molecule has 0 aliphatic rings. The second kappa shape index (κ2) is 6.41. The minimum absolute atomic E-state index is 0.0268. The van der Waals surface area contributed by atoms with E-state index in [0.29, 0.717) is 12.0 Å². The summed E-state index contributed by atoms with van der Waals surface area (Å²) < 4.78 is 5.79. The number of rotatable bonds is 6.